The van der Waals surface area contributed by atoms with E-state index >= 15 is 0 Å². The SMILES string of the molecule is C[C@@H]1C[C@@H](C(=O)c2ccccc2)OC1=O. The second kappa shape index (κ2) is 3.85. The van der Waals surface area contributed by atoms with Crippen LogP contribution in [0, 0.1) is 5.92 Å². The average molecular weight is 204 g/mol. The Kier molecular flexibility index (Phi) is 2.54. The molecule has 1 aromatic carbocycles. The van der Waals surface area contributed by atoms with E-state index in [-0.39, 0.29) is 17.7 Å². The van der Waals surface area contributed by atoms with Gasteiger partial charge in [-0.15, -0.1) is 0 Å². The number of rotatable bonds is 2. The summed E-state index contributed by atoms with van der Waals surface area (Å²) >= 11 is 0. The van der Waals surface area contributed by atoms with Crippen molar-refractivity contribution in [1.82, 2.24) is 0 Å². The quantitative estimate of drug-likeness (QED) is 0.545. The second-order valence-corrected chi connectivity index (χ2v) is 3.79. The first kappa shape index (κ1) is 9.90. The second-order valence-electron chi connectivity index (χ2n) is 3.79. The zero-order valence-corrected chi connectivity index (χ0v) is 8.47. The fraction of sp³-hybridized carbons (Fsp3) is 0.333. The van der Waals surface area contributed by atoms with Gasteiger partial charge in [0.25, 0.3) is 0 Å². The van der Waals surface area contributed by atoms with Crippen LogP contribution in [0.4, 0.5) is 0 Å². The van der Waals surface area contributed by atoms with Gasteiger partial charge in [0.1, 0.15) is 0 Å². The normalized spacial score (nSPS) is 25.0. The number of carbonyl (C=O) groups excluding carboxylic acids is 2. The van der Waals surface area contributed by atoms with Crippen molar-refractivity contribution in [3.05, 3.63) is 35.9 Å². The van der Waals surface area contributed by atoms with E-state index in [0.29, 0.717) is 12.0 Å². The van der Waals surface area contributed by atoms with E-state index in [2.05, 4.69) is 0 Å². The first-order chi connectivity index (χ1) is 7.18. The smallest absolute Gasteiger partial charge is 0.309 e. The van der Waals surface area contributed by atoms with Gasteiger partial charge in [-0.25, -0.2) is 0 Å². The summed E-state index contributed by atoms with van der Waals surface area (Å²) in [6.45, 7) is 1.78. The molecule has 0 spiro atoms. The van der Waals surface area contributed by atoms with Crippen LogP contribution in [0.5, 0.6) is 0 Å². The molecule has 0 radical (unpaired) electrons. The van der Waals surface area contributed by atoms with Crippen LogP contribution in [-0.4, -0.2) is 17.9 Å². The summed E-state index contributed by atoms with van der Waals surface area (Å²) in [6, 6.07) is 8.92. The van der Waals surface area contributed by atoms with Crippen LogP contribution in [0.1, 0.15) is 23.7 Å². The van der Waals surface area contributed by atoms with Gasteiger partial charge in [0.05, 0.1) is 5.92 Å². The molecule has 3 nitrogen and oxygen atoms in total. The minimum atomic E-state index is -0.588. The highest BCUT2D eigenvalue weighted by Crippen LogP contribution is 2.23. The Morgan fingerprint density at radius 2 is 2.00 bits per heavy atom. The van der Waals surface area contributed by atoms with Crippen LogP contribution in [0.25, 0.3) is 0 Å². The zero-order chi connectivity index (χ0) is 10.8. The molecule has 1 saturated heterocycles. The molecule has 3 heteroatoms. The van der Waals surface area contributed by atoms with Crippen LogP contribution >= 0.6 is 0 Å². The Balaban J connectivity index is 2.14. The van der Waals surface area contributed by atoms with E-state index in [4.69, 9.17) is 4.74 Å². The van der Waals surface area contributed by atoms with Crippen molar-refractivity contribution in [2.45, 2.75) is 19.4 Å². The number of hydrogen-bond donors (Lipinski definition) is 0. The highest BCUT2D eigenvalue weighted by Gasteiger charge is 2.35. The number of ketones is 1. The molecular formula is C12H12O3. The Morgan fingerprint density at radius 1 is 1.33 bits per heavy atom. The third-order valence-electron chi connectivity index (χ3n) is 2.58. The number of cyclic esters (lactones) is 1. The van der Waals surface area contributed by atoms with E-state index in [1.54, 1.807) is 31.2 Å². The van der Waals surface area contributed by atoms with Crippen molar-refractivity contribution in [3.8, 4) is 0 Å². The van der Waals surface area contributed by atoms with Gasteiger partial charge in [-0.3, -0.25) is 9.59 Å². The number of carbonyl (C=O) groups is 2. The molecule has 2 atom stereocenters. The first-order valence-electron chi connectivity index (χ1n) is 4.98. The van der Waals surface area contributed by atoms with Crippen molar-refractivity contribution >= 4 is 11.8 Å². The Morgan fingerprint density at radius 3 is 2.53 bits per heavy atom. The number of ether oxygens (including phenoxy) is 1. The molecule has 1 fully saturated rings. The minimum absolute atomic E-state index is 0.103. The van der Waals surface area contributed by atoms with Gasteiger partial charge in [-0.05, 0) is 0 Å². The topological polar surface area (TPSA) is 43.4 Å². The first-order valence-corrected chi connectivity index (χ1v) is 4.98. The predicted octanol–water partition coefficient (Wildman–Crippen LogP) is 1.82. The maximum atomic E-state index is 11.9. The van der Waals surface area contributed by atoms with E-state index in [1.165, 1.54) is 0 Å². The Hall–Kier alpha value is -1.64. The maximum Gasteiger partial charge on any atom is 0.309 e. The van der Waals surface area contributed by atoms with Crippen LogP contribution in [-0.2, 0) is 9.53 Å². The highest BCUT2D eigenvalue weighted by atomic mass is 16.6. The third-order valence-corrected chi connectivity index (χ3v) is 2.58. The molecule has 0 N–H and O–H groups in total. The molecule has 0 unspecified atom stereocenters. The predicted molar refractivity (Wildman–Crippen MR) is 54.4 cm³/mol. The number of benzene rings is 1. The van der Waals surface area contributed by atoms with Gasteiger partial charge >= 0.3 is 5.97 Å². The van der Waals surface area contributed by atoms with Gasteiger partial charge in [-0.2, -0.15) is 0 Å². The van der Waals surface area contributed by atoms with Crippen LogP contribution in [0.3, 0.4) is 0 Å². The average Bonchev–Trinajstić information content (AvgIpc) is 2.59. The van der Waals surface area contributed by atoms with E-state index < -0.39 is 6.10 Å². The summed E-state index contributed by atoms with van der Waals surface area (Å²) in [5.41, 5.74) is 0.601. The van der Waals surface area contributed by atoms with Crippen LogP contribution < -0.4 is 0 Å². The molecule has 1 aliphatic rings. The maximum absolute atomic E-state index is 11.9. The lowest BCUT2D eigenvalue weighted by Gasteiger charge is -2.07. The molecule has 1 aliphatic heterocycles. The molecule has 2 rings (SSSR count). The van der Waals surface area contributed by atoms with Crippen molar-refractivity contribution in [2.24, 2.45) is 5.92 Å². The van der Waals surface area contributed by atoms with Gasteiger partial charge in [0, 0.05) is 12.0 Å². The summed E-state index contributed by atoms with van der Waals surface area (Å²) in [4.78, 5) is 23.0. The zero-order valence-electron chi connectivity index (χ0n) is 8.47. The fourth-order valence-electron chi connectivity index (χ4n) is 1.67. The lowest BCUT2D eigenvalue weighted by atomic mass is 10.0. The van der Waals surface area contributed by atoms with Crippen molar-refractivity contribution < 1.29 is 14.3 Å². The van der Waals surface area contributed by atoms with E-state index in [1.807, 2.05) is 6.07 Å². The van der Waals surface area contributed by atoms with Gasteiger partial charge in [0.15, 0.2) is 6.10 Å². The largest absolute Gasteiger partial charge is 0.454 e. The number of hydrogen-bond acceptors (Lipinski definition) is 3. The molecule has 1 heterocycles. The summed E-state index contributed by atoms with van der Waals surface area (Å²) in [5, 5.41) is 0. The molecule has 0 saturated carbocycles. The van der Waals surface area contributed by atoms with Crippen molar-refractivity contribution in [3.63, 3.8) is 0 Å². The van der Waals surface area contributed by atoms with Crippen molar-refractivity contribution in [1.29, 1.82) is 0 Å². The lowest BCUT2D eigenvalue weighted by molar-refractivity contribution is -0.142. The lowest BCUT2D eigenvalue weighted by Crippen LogP contribution is -2.20. The molecular weight excluding hydrogens is 192 g/mol. The molecule has 0 aromatic heterocycles. The summed E-state index contributed by atoms with van der Waals surface area (Å²) in [7, 11) is 0. The highest BCUT2D eigenvalue weighted by molar-refractivity contribution is 6.01. The summed E-state index contributed by atoms with van der Waals surface area (Å²) in [5.74, 6) is -0.541. The Labute approximate surface area is 88.1 Å². The summed E-state index contributed by atoms with van der Waals surface area (Å²) < 4.78 is 5.00. The minimum Gasteiger partial charge on any atom is -0.454 e. The van der Waals surface area contributed by atoms with Crippen LogP contribution in [0.15, 0.2) is 30.3 Å². The van der Waals surface area contributed by atoms with Crippen LogP contribution in [0.2, 0.25) is 0 Å². The van der Waals surface area contributed by atoms with Crippen molar-refractivity contribution in [2.75, 3.05) is 0 Å². The molecule has 1 aromatic rings. The van der Waals surface area contributed by atoms with E-state index in [9.17, 15) is 9.59 Å². The molecule has 15 heavy (non-hydrogen) atoms. The molecule has 0 bridgehead atoms. The Bertz CT molecular complexity index is 383. The fourth-order valence-corrected chi connectivity index (χ4v) is 1.67. The third kappa shape index (κ3) is 1.91. The van der Waals surface area contributed by atoms with Gasteiger partial charge < -0.3 is 4.74 Å². The number of Topliss-reactive ketones (excluding diaryl/α,β-unsaturated/α-hetero) is 1. The summed E-state index contributed by atoms with van der Waals surface area (Å²) in [6.07, 6.45) is -0.0954. The number of esters is 1. The van der Waals surface area contributed by atoms with Gasteiger partial charge in [-0.1, -0.05) is 37.3 Å². The molecule has 0 amide bonds. The molecule has 78 valence electrons. The molecule has 0 aliphatic carbocycles. The van der Waals surface area contributed by atoms with Gasteiger partial charge in [0.2, 0.25) is 5.78 Å². The standard InChI is InChI=1S/C12H12O3/c1-8-7-10(15-12(8)14)11(13)9-5-3-2-4-6-9/h2-6,8,10H,7H2,1H3/t8-,10+/m1/s1. The van der Waals surface area contributed by atoms with E-state index in [0.717, 1.165) is 0 Å². The monoisotopic (exact) mass is 204 g/mol.